The summed E-state index contributed by atoms with van der Waals surface area (Å²) in [5.41, 5.74) is 6.35. The van der Waals surface area contributed by atoms with E-state index < -0.39 is 0 Å². The third-order valence-corrected chi connectivity index (χ3v) is 1.41. The SMILES string of the molecule is Cc1cc(CO)oc1CN. The maximum atomic E-state index is 8.64. The van der Waals surface area contributed by atoms with Crippen LogP contribution in [0.5, 0.6) is 0 Å². The van der Waals surface area contributed by atoms with Gasteiger partial charge in [-0.2, -0.15) is 0 Å². The van der Waals surface area contributed by atoms with E-state index in [1.807, 2.05) is 6.92 Å². The van der Waals surface area contributed by atoms with E-state index >= 15 is 0 Å². The number of aryl methyl sites for hydroxylation is 1. The molecule has 0 aliphatic heterocycles. The lowest BCUT2D eigenvalue weighted by atomic mass is 10.3. The van der Waals surface area contributed by atoms with Crippen molar-refractivity contribution in [3.05, 3.63) is 23.2 Å². The Morgan fingerprint density at radius 3 is 2.70 bits per heavy atom. The quantitative estimate of drug-likeness (QED) is 0.632. The molecule has 0 fully saturated rings. The lowest BCUT2D eigenvalue weighted by molar-refractivity contribution is 0.243. The monoisotopic (exact) mass is 141 g/mol. The average molecular weight is 141 g/mol. The Morgan fingerprint density at radius 2 is 2.40 bits per heavy atom. The molecule has 10 heavy (non-hydrogen) atoms. The van der Waals surface area contributed by atoms with Crippen molar-refractivity contribution in [2.24, 2.45) is 5.73 Å². The van der Waals surface area contributed by atoms with Crippen molar-refractivity contribution in [3.8, 4) is 0 Å². The van der Waals surface area contributed by atoms with E-state index in [2.05, 4.69) is 0 Å². The first-order chi connectivity index (χ1) is 4.77. The topological polar surface area (TPSA) is 59.4 Å². The smallest absolute Gasteiger partial charge is 0.129 e. The summed E-state index contributed by atoms with van der Waals surface area (Å²) < 4.78 is 5.14. The van der Waals surface area contributed by atoms with Gasteiger partial charge in [0.2, 0.25) is 0 Å². The van der Waals surface area contributed by atoms with Crippen LogP contribution in [0.15, 0.2) is 10.5 Å². The van der Waals surface area contributed by atoms with Gasteiger partial charge in [0.05, 0.1) is 6.54 Å². The van der Waals surface area contributed by atoms with E-state index in [9.17, 15) is 0 Å². The Hall–Kier alpha value is -0.800. The van der Waals surface area contributed by atoms with Crippen LogP contribution in [0.4, 0.5) is 0 Å². The van der Waals surface area contributed by atoms with Gasteiger partial charge in [0.25, 0.3) is 0 Å². The molecule has 1 aromatic heterocycles. The molecule has 0 saturated heterocycles. The molecule has 0 saturated carbocycles. The molecule has 0 atom stereocenters. The van der Waals surface area contributed by atoms with E-state index in [1.54, 1.807) is 6.07 Å². The summed E-state index contributed by atoms with van der Waals surface area (Å²) in [4.78, 5) is 0. The van der Waals surface area contributed by atoms with E-state index in [0.29, 0.717) is 12.3 Å². The fourth-order valence-electron chi connectivity index (χ4n) is 0.871. The molecule has 0 amide bonds. The molecular formula is C7H11NO2. The summed E-state index contributed by atoms with van der Waals surface area (Å²) in [5.74, 6) is 1.34. The molecule has 3 heteroatoms. The third kappa shape index (κ3) is 1.20. The minimum absolute atomic E-state index is 0.0547. The molecule has 3 nitrogen and oxygen atoms in total. The second-order valence-corrected chi connectivity index (χ2v) is 2.18. The Labute approximate surface area is 59.5 Å². The van der Waals surface area contributed by atoms with E-state index in [4.69, 9.17) is 15.3 Å². The Kier molecular flexibility index (Phi) is 2.09. The Morgan fingerprint density at radius 1 is 1.70 bits per heavy atom. The zero-order valence-corrected chi connectivity index (χ0v) is 5.92. The van der Waals surface area contributed by atoms with Gasteiger partial charge in [0, 0.05) is 0 Å². The normalized spacial score (nSPS) is 10.3. The second kappa shape index (κ2) is 2.86. The van der Waals surface area contributed by atoms with Gasteiger partial charge in [0.1, 0.15) is 18.1 Å². The van der Waals surface area contributed by atoms with Crippen LogP contribution in [0.3, 0.4) is 0 Å². The molecule has 0 aliphatic rings. The minimum atomic E-state index is -0.0547. The molecule has 56 valence electrons. The summed E-state index contributed by atoms with van der Waals surface area (Å²) in [6, 6.07) is 1.79. The van der Waals surface area contributed by atoms with Crippen LogP contribution in [0, 0.1) is 6.92 Å². The average Bonchev–Trinajstić information content (AvgIpc) is 2.30. The van der Waals surface area contributed by atoms with Crippen LogP contribution in [0.2, 0.25) is 0 Å². The summed E-state index contributed by atoms with van der Waals surface area (Å²) >= 11 is 0. The third-order valence-electron chi connectivity index (χ3n) is 1.41. The number of hydrogen-bond acceptors (Lipinski definition) is 3. The predicted molar refractivity (Wildman–Crippen MR) is 37.3 cm³/mol. The molecule has 3 N–H and O–H groups in total. The number of hydrogen-bond donors (Lipinski definition) is 2. The van der Waals surface area contributed by atoms with Crippen LogP contribution < -0.4 is 5.73 Å². The van der Waals surface area contributed by atoms with Crippen molar-refractivity contribution in [2.75, 3.05) is 0 Å². The van der Waals surface area contributed by atoms with Gasteiger partial charge < -0.3 is 15.3 Å². The van der Waals surface area contributed by atoms with Crippen LogP contribution in [-0.2, 0) is 13.2 Å². The van der Waals surface area contributed by atoms with E-state index in [0.717, 1.165) is 11.3 Å². The summed E-state index contributed by atoms with van der Waals surface area (Å²) in [6.07, 6.45) is 0. The molecule has 0 aliphatic carbocycles. The molecule has 0 aromatic carbocycles. The van der Waals surface area contributed by atoms with Crippen molar-refractivity contribution in [2.45, 2.75) is 20.1 Å². The zero-order chi connectivity index (χ0) is 7.56. The summed E-state index contributed by atoms with van der Waals surface area (Å²) in [6.45, 7) is 2.25. The van der Waals surface area contributed by atoms with Crippen molar-refractivity contribution < 1.29 is 9.52 Å². The number of rotatable bonds is 2. The molecule has 0 spiro atoms. The highest BCUT2D eigenvalue weighted by Gasteiger charge is 2.03. The number of aliphatic hydroxyl groups excluding tert-OH is 1. The fourth-order valence-corrected chi connectivity index (χ4v) is 0.871. The van der Waals surface area contributed by atoms with Gasteiger partial charge in [-0.1, -0.05) is 0 Å². The number of furan rings is 1. The zero-order valence-electron chi connectivity index (χ0n) is 5.92. The fraction of sp³-hybridized carbons (Fsp3) is 0.429. The molecule has 1 heterocycles. The lowest BCUT2D eigenvalue weighted by Crippen LogP contribution is -1.95. The van der Waals surface area contributed by atoms with Gasteiger partial charge in [0.15, 0.2) is 0 Å². The Balaban J connectivity index is 2.92. The van der Waals surface area contributed by atoms with Crippen molar-refractivity contribution in [3.63, 3.8) is 0 Å². The van der Waals surface area contributed by atoms with E-state index in [-0.39, 0.29) is 6.61 Å². The summed E-state index contributed by atoms with van der Waals surface area (Å²) in [5, 5.41) is 8.64. The van der Waals surface area contributed by atoms with Crippen molar-refractivity contribution in [1.29, 1.82) is 0 Å². The first kappa shape index (κ1) is 7.31. The molecular weight excluding hydrogens is 130 g/mol. The lowest BCUT2D eigenvalue weighted by Gasteiger charge is -1.89. The first-order valence-electron chi connectivity index (χ1n) is 3.17. The predicted octanol–water partition coefficient (Wildman–Crippen LogP) is 0.539. The van der Waals surface area contributed by atoms with Gasteiger partial charge in [-0.3, -0.25) is 0 Å². The van der Waals surface area contributed by atoms with Gasteiger partial charge in [-0.15, -0.1) is 0 Å². The minimum Gasteiger partial charge on any atom is -0.462 e. The summed E-state index contributed by atoms with van der Waals surface area (Å²) in [7, 11) is 0. The second-order valence-electron chi connectivity index (χ2n) is 2.18. The Bertz CT molecular complexity index is 217. The van der Waals surface area contributed by atoms with Crippen LogP contribution in [0.1, 0.15) is 17.1 Å². The molecule has 1 aromatic rings. The highest BCUT2D eigenvalue weighted by Crippen LogP contribution is 2.13. The molecule has 0 bridgehead atoms. The number of nitrogens with two attached hydrogens (primary N) is 1. The van der Waals surface area contributed by atoms with Gasteiger partial charge in [-0.25, -0.2) is 0 Å². The van der Waals surface area contributed by atoms with Gasteiger partial charge in [-0.05, 0) is 18.6 Å². The van der Waals surface area contributed by atoms with Crippen molar-refractivity contribution >= 4 is 0 Å². The maximum Gasteiger partial charge on any atom is 0.129 e. The van der Waals surface area contributed by atoms with Crippen LogP contribution >= 0.6 is 0 Å². The highest BCUT2D eigenvalue weighted by atomic mass is 16.4. The van der Waals surface area contributed by atoms with Gasteiger partial charge >= 0.3 is 0 Å². The first-order valence-corrected chi connectivity index (χ1v) is 3.17. The molecule has 0 radical (unpaired) electrons. The standard InChI is InChI=1S/C7H11NO2/c1-5-2-6(4-9)10-7(5)3-8/h2,9H,3-4,8H2,1H3. The number of aliphatic hydroxyl groups is 1. The van der Waals surface area contributed by atoms with E-state index in [1.165, 1.54) is 0 Å². The maximum absolute atomic E-state index is 8.64. The van der Waals surface area contributed by atoms with Crippen LogP contribution in [0.25, 0.3) is 0 Å². The molecule has 0 unspecified atom stereocenters. The van der Waals surface area contributed by atoms with Crippen molar-refractivity contribution in [1.82, 2.24) is 0 Å². The van der Waals surface area contributed by atoms with Crippen LogP contribution in [-0.4, -0.2) is 5.11 Å². The highest BCUT2D eigenvalue weighted by molar-refractivity contribution is 5.19. The molecule has 1 rings (SSSR count). The largest absolute Gasteiger partial charge is 0.462 e.